The highest BCUT2D eigenvalue weighted by molar-refractivity contribution is 6.31. The summed E-state index contributed by atoms with van der Waals surface area (Å²) < 4.78 is 11.1. The topological polar surface area (TPSA) is 68.4 Å². The van der Waals surface area contributed by atoms with E-state index in [1.54, 1.807) is 0 Å². The van der Waals surface area contributed by atoms with E-state index in [2.05, 4.69) is 38.7 Å². The first-order chi connectivity index (χ1) is 15.1. The molecule has 1 amide bonds. The number of hydrogen-bond donors (Lipinski definition) is 2. The maximum atomic E-state index is 13.1. The van der Waals surface area contributed by atoms with E-state index in [9.17, 15) is 9.90 Å². The second kappa shape index (κ2) is 4.93. The largest absolute Gasteiger partial charge is 0.388 e. The maximum Gasteiger partial charge on any atom is 0.252 e. The number of hydrogen-bond acceptors (Lipinski definition) is 3. The molecule has 2 N–H and O–H groups in total. The fraction of sp³-hybridized carbons (Fsp3) is 0.240. The summed E-state index contributed by atoms with van der Waals surface area (Å²) in [5.74, 6) is -0.0156. The molecule has 3 aliphatic heterocycles. The Morgan fingerprint density at radius 2 is 1.74 bits per heavy atom. The average molecular weight is 409 g/mol. The van der Waals surface area contributed by atoms with Gasteiger partial charge in [-0.15, -0.1) is 0 Å². The molecule has 31 heavy (non-hydrogen) atoms. The highest BCUT2D eigenvalue weighted by Gasteiger charge is 2.51. The molecular weight excluding hydrogens is 390 g/mol. The number of nitrogens with zero attached hydrogens (tertiary/aromatic N) is 2. The van der Waals surface area contributed by atoms with Crippen LogP contribution in [0.4, 0.5) is 0 Å². The molecule has 2 aromatic heterocycles. The number of benzene rings is 3. The van der Waals surface area contributed by atoms with Crippen LogP contribution in [0.1, 0.15) is 35.5 Å². The summed E-state index contributed by atoms with van der Waals surface area (Å²) in [5.41, 5.74) is 5.07. The predicted molar refractivity (Wildman–Crippen MR) is 118 cm³/mol. The Balaban J connectivity index is 1.81. The van der Waals surface area contributed by atoms with Gasteiger partial charge in [-0.3, -0.25) is 4.79 Å². The lowest BCUT2D eigenvalue weighted by atomic mass is 9.96. The van der Waals surface area contributed by atoms with Crippen molar-refractivity contribution in [3.05, 3.63) is 59.7 Å². The molecule has 5 aromatic rings. The van der Waals surface area contributed by atoms with E-state index in [1.807, 2.05) is 31.2 Å². The van der Waals surface area contributed by atoms with Gasteiger partial charge >= 0.3 is 0 Å². The van der Waals surface area contributed by atoms with Gasteiger partial charge in [0.05, 0.1) is 27.6 Å². The molecule has 0 aliphatic carbocycles. The first-order valence-corrected chi connectivity index (χ1v) is 10.7. The molecule has 1 saturated heterocycles. The zero-order valence-corrected chi connectivity index (χ0v) is 16.8. The zero-order chi connectivity index (χ0) is 20.6. The molecule has 0 spiro atoms. The molecular formula is C25H19N3O3. The van der Waals surface area contributed by atoms with Gasteiger partial charge in [-0.1, -0.05) is 36.4 Å². The summed E-state index contributed by atoms with van der Waals surface area (Å²) in [6, 6.07) is 16.5. The van der Waals surface area contributed by atoms with E-state index in [-0.39, 0.29) is 12.1 Å². The second-order valence-corrected chi connectivity index (χ2v) is 9.10. The number of amides is 1. The van der Waals surface area contributed by atoms with E-state index in [4.69, 9.17) is 4.74 Å². The van der Waals surface area contributed by atoms with Gasteiger partial charge in [-0.25, -0.2) is 0 Å². The quantitative estimate of drug-likeness (QED) is 0.404. The lowest BCUT2D eigenvalue weighted by Gasteiger charge is -2.30. The number of fused-ring (bicyclic) bond motifs is 13. The highest BCUT2D eigenvalue weighted by atomic mass is 16.6. The molecule has 6 nitrogen and oxygen atoms in total. The van der Waals surface area contributed by atoms with Crippen molar-refractivity contribution in [1.29, 1.82) is 0 Å². The first-order valence-electron chi connectivity index (χ1n) is 10.7. The Kier molecular flexibility index (Phi) is 2.60. The van der Waals surface area contributed by atoms with Crippen LogP contribution in [0.15, 0.2) is 48.5 Å². The average Bonchev–Trinajstić information content (AvgIpc) is 3.46. The Morgan fingerprint density at radius 3 is 2.55 bits per heavy atom. The van der Waals surface area contributed by atoms with Gasteiger partial charge in [0.25, 0.3) is 5.91 Å². The fourth-order valence-corrected chi connectivity index (χ4v) is 6.41. The smallest absolute Gasteiger partial charge is 0.252 e. The summed E-state index contributed by atoms with van der Waals surface area (Å²) in [6.45, 7) is 2.50. The molecule has 5 heterocycles. The van der Waals surface area contributed by atoms with Crippen LogP contribution >= 0.6 is 0 Å². The van der Waals surface area contributed by atoms with Crippen molar-refractivity contribution >= 4 is 49.5 Å². The number of ether oxygens (including phenoxy) is 1. The Labute approximate surface area is 176 Å². The number of aliphatic hydroxyl groups is 1. The first kappa shape index (κ1) is 16.4. The predicted octanol–water partition coefficient (Wildman–Crippen LogP) is 4.11. The minimum Gasteiger partial charge on any atom is -0.388 e. The van der Waals surface area contributed by atoms with E-state index >= 15 is 0 Å². The van der Waals surface area contributed by atoms with Crippen molar-refractivity contribution in [1.82, 2.24) is 14.5 Å². The third-order valence-corrected chi connectivity index (χ3v) is 7.67. The second-order valence-electron chi connectivity index (χ2n) is 9.10. The molecule has 1 unspecified atom stereocenters. The van der Waals surface area contributed by atoms with Crippen LogP contribution in [0, 0.1) is 0 Å². The van der Waals surface area contributed by atoms with E-state index < -0.39 is 11.8 Å². The summed E-state index contributed by atoms with van der Waals surface area (Å²) in [7, 11) is 0. The maximum absolute atomic E-state index is 13.1. The molecule has 0 radical (unpaired) electrons. The third kappa shape index (κ3) is 1.60. The van der Waals surface area contributed by atoms with Crippen molar-refractivity contribution in [3.8, 4) is 0 Å². The van der Waals surface area contributed by atoms with Crippen LogP contribution in [0.3, 0.4) is 0 Å². The van der Waals surface area contributed by atoms with Gasteiger partial charge in [0.1, 0.15) is 12.3 Å². The minimum absolute atomic E-state index is 0.0156. The number of para-hydroxylation sites is 2. The standard InChI is InChI=1S/C25H19N3O3/c1-25-17(29)10-18(31-25)27-15-8-4-2-6-12(15)20-21-14(11-26-24(21)30)19-13-7-3-5-9-16(13)28(25)23(19)22(20)27/h2-9,17-18,29H,10-11H2,1H3,(H,26,30)/t17-,18?,25-/m0/s1. The van der Waals surface area contributed by atoms with Crippen molar-refractivity contribution < 1.29 is 14.6 Å². The Morgan fingerprint density at radius 1 is 1.03 bits per heavy atom. The number of aliphatic hydroxyl groups excluding tert-OH is 1. The van der Waals surface area contributed by atoms with E-state index in [1.165, 1.54) is 0 Å². The van der Waals surface area contributed by atoms with Crippen LogP contribution in [0.5, 0.6) is 0 Å². The van der Waals surface area contributed by atoms with Crippen LogP contribution < -0.4 is 5.32 Å². The number of nitrogens with one attached hydrogen (secondary N) is 1. The molecule has 3 aliphatic rings. The lowest BCUT2D eigenvalue weighted by Crippen LogP contribution is -2.39. The van der Waals surface area contributed by atoms with Gasteiger partial charge in [0.2, 0.25) is 0 Å². The molecule has 2 bridgehead atoms. The van der Waals surface area contributed by atoms with Crippen LogP contribution in [0.2, 0.25) is 0 Å². The van der Waals surface area contributed by atoms with Gasteiger partial charge < -0.3 is 24.3 Å². The van der Waals surface area contributed by atoms with Crippen molar-refractivity contribution in [3.63, 3.8) is 0 Å². The van der Waals surface area contributed by atoms with E-state index in [0.717, 1.165) is 54.7 Å². The lowest BCUT2D eigenvalue weighted by molar-refractivity contribution is -0.135. The Bertz CT molecular complexity index is 1660. The molecule has 3 atom stereocenters. The summed E-state index contributed by atoms with van der Waals surface area (Å²) in [4.78, 5) is 13.1. The SMILES string of the molecule is C[C@]12OC(C[C@@H]1O)n1c3ccccc3c3c4c(c5c6ccccc6n2c5c31)CNC4=O. The molecule has 3 aromatic carbocycles. The van der Waals surface area contributed by atoms with E-state index in [0.29, 0.717) is 13.0 Å². The van der Waals surface area contributed by atoms with Gasteiger partial charge in [-0.2, -0.15) is 0 Å². The zero-order valence-electron chi connectivity index (χ0n) is 16.8. The van der Waals surface area contributed by atoms with Crippen molar-refractivity contribution in [2.45, 2.75) is 37.9 Å². The minimum atomic E-state index is -0.886. The molecule has 8 rings (SSSR count). The Hall–Kier alpha value is -3.35. The fourth-order valence-electron chi connectivity index (χ4n) is 6.41. The monoisotopic (exact) mass is 409 g/mol. The number of carbonyl (C=O) groups excluding carboxylic acids is 1. The summed E-state index contributed by atoms with van der Waals surface area (Å²) >= 11 is 0. The highest BCUT2D eigenvalue weighted by Crippen LogP contribution is 2.54. The molecule has 1 fully saturated rings. The van der Waals surface area contributed by atoms with Crippen LogP contribution in [-0.4, -0.2) is 26.3 Å². The third-order valence-electron chi connectivity index (χ3n) is 7.67. The van der Waals surface area contributed by atoms with Gasteiger partial charge in [0.15, 0.2) is 5.72 Å². The van der Waals surface area contributed by atoms with Gasteiger partial charge in [-0.05, 0) is 24.6 Å². The van der Waals surface area contributed by atoms with Crippen LogP contribution in [-0.2, 0) is 17.0 Å². The molecule has 0 saturated carbocycles. The van der Waals surface area contributed by atoms with Gasteiger partial charge in [0, 0.05) is 34.5 Å². The molecule has 152 valence electrons. The summed E-state index contributed by atoms with van der Waals surface area (Å²) in [5, 5.41) is 18.5. The molecule has 6 heteroatoms. The van der Waals surface area contributed by atoms with Crippen molar-refractivity contribution in [2.24, 2.45) is 0 Å². The number of aromatic nitrogens is 2. The number of rotatable bonds is 0. The number of carbonyl (C=O) groups is 1. The van der Waals surface area contributed by atoms with Crippen LogP contribution in [0.25, 0.3) is 43.6 Å². The summed E-state index contributed by atoms with van der Waals surface area (Å²) in [6.07, 6.45) is -0.443. The van der Waals surface area contributed by atoms with Crippen molar-refractivity contribution in [2.75, 3.05) is 0 Å². The normalized spacial score (nSPS) is 26.5.